The first-order valence-corrected chi connectivity index (χ1v) is 10.3. The van der Waals surface area contributed by atoms with E-state index in [9.17, 15) is 0 Å². The Hall–Kier alpha value is -1.06. The van der Waals surface area contributed by atoms with Gasteiger partial charge in [-0.1, -0.05) is 6.07 Å². The van der Waals surface area contributed by atoms with Gasteiger partial charge in [0.25, 0.3) is 0 Å². The summed E-state index contributed by atoms with van der Waals surface area (Å²) in [6, 6.07) is 8.23. The van der Waals surface area contributed by atoms with Gasteiger partial charge < -0.3 is 19.4 Å². The highest BCUT2D eigenvalue weighted by molar-refractivity contribution is 14.0. The van der Waals surface area contributed by atoms with Crippen molar-refractivity contribution < 1.29 is 9.15 Å². The average Bonchev–Trinajstić information content (AvgIpc) is 3.35. The topological polar surface area (TPSA) is 50.0 Å². The van der Waals surface area contributed by atoms with Gasteiger partial charge in [-0.25, -0.2) is 0 Å². The fraction of sp³-hybridized carbons (Fsp3) is 0.550. The third-order valence-corrected chi connectivity index (χ3v) is 5.61. The molecular weight excluding hydrogens is 473 g/mol. The Balaban J connectivity index is 0.00000261. The summed E-state index contributed by atoms with van der Waals surface area (Å²) in [6.45, 7) is 4.42. The van der Waals surface area contributed by atoms with Gasteiger partial charge in [0.1, 0.15) is 5.76 Å². The maximum Gasteiger partial charge on any atom is 0.193 e. The molecule has 0 unspecified atom stereocenters. The zero-order valence-electron chi connectivity index (χ0n) is 15.9. The Morgan fingerprint density at radius 3 is 2.81 bits per heavy atom. The number of guanidine groups is 1. The van der Waals surface area contributed by atoms with Gasteiger partial charge in [-0.3, -0.25) is 4.99 Å². The summed E-state index contributed by atoms with van der Waals surface area (Å²) in [7, 11) is 2.14. The minimum Gasteiger partial charge on any atom is -0.469 e. The molecule has 0 bridgehead atoms. The molecule has 0 atom stereocenters. The van der Waals surface area contributed by atoms with Crippen LogP contribution < -0.4 is 5.32 Å². The Kier molecular flexibility index (Phi) is 10.2. The Morgan fingerprint density at radius 1 is 1.26 bits per heavy atom. The number of hydrogen-bond donors (Lipinski definition) is 1. The molecule has 1 saturated heterocycles. The van der Waals surface area contributed by atoms with Crippen LogP contribution in [0.3, 0.4) is 0 Å². The fourth-order valence-corrected chi connectivity index (χ4v) is 3.89. The van der Waals surface area contributed by atoms with Crippen LogP contribution in [-0.2, 0) is 17.6 Å². The maximum atomic E-state index is 5.48. The van der Waals surface area contributed by atoms with E-state index in [2.05, 4.69) is 34.8 Å². The van der Waals surface area contributed by atoms with Crippen molar-refractivity contribution >= 4 is 41.3 Å². The zero-order chi connectivity index (χ0) is 18.0. The van der Waals surface area contributed by atoms with Gasteiger partial charge >= 0.3 is 0 Å². The van der Waals surface area contributed by atoms with Crippen LogP contribution in [0.2, 0.25) is 0 Å². The fourth-order valence-electron chi connectivity index (χ4n) is 3.19. The molecule has 3 heterocycles. The van der Waals surface area contributed by atoms with Crippen LogP contribution in [0.4, 0.5) is 0 Å². The van der Waals surface area contributed by atoms with Gasteiger partial charge in [0.05, 0.1) is 6.26 Å². The van der Waals surface area contributed by atoms with Gasteiger partial charge in [0.2, 0.25) is 0 Å². The second kappa shape index (κ2) is 12.4. The van der Waals surface area contributed by atoms with E-state index in [-0.39, 0.29) is 24.0 Å². The van der Waals surface area contributed by atoms with Crippen LogP contribution in [-0.4, -0.2) is 50.8 Å². The number of rotatable bonds is 8. The number of nitrogens with one attached hydrogen (secondary N) is 1. The Morgan fingerprint density at radius 2 is 2.11 bits per heavy atom. The van der Waals surface area contributed by atoms with E-state index in [1.807, 2.05) is 12.1 Å². The van der Waals surface area contributed by atoms with Gasteiger partial charge in [0, 0.05) is 57.6 Å². The first-order chi connectivity index (χ1) is 12.8. The molecule has 0 aliphatic carbocycles. The minimum absolute atomic E-state index is 0. The van der Waals surface area contributed by atoms with E-state index in [1.54, 1.807) is 17.6 Å². The monoisotopic (exact) mass is 503 g/mol. The molecule has 0 spiro atoms. The number of halogens is 1. The number of furan rings is 1. The Bertz CT molecular complexity index is 640. The highest BCUT2D eigenvalue weighted by atomic mass is 127. The average molecular weight is 503 g/mol. The number of thiophene rings is 1. The number of hydrogen-bond acceptors (Lipinski definition) is 4. The maximum absolute atomic E-state index is 5.48. The van der Waals surface area contributed by atoms with Crippen molar-refractivity contribution in [2.24, 2.45) is 10.9 Å². The summed E-state index contributed by atoms with van der Waals surface area (Å²) < 4.78 is 10.9. The van der Waals surface area contributed by atoms with Crippen LogP contribution >= 0.6 is 35.3 Å². The van der Waals surface area contributed by atoms with Crippen molar-refractivity contribution in [3.05, 3.63) is 46.5 Å². The van der Waals surface area contributed by atoms with Crippen molar-refractivity contribution in [3.63, 3.8) is 0 Å². The molecule has 1 aliphatic heterocycles. The highest BCUT2D eigenvalue weighted by Crippen LogP contribution is 2.15. The molecule has 2 aromatic heterocycles. The SMILES string of the molecule is CN(CC1CCOCC1)C(=NCCc1cccs1)NCCc1ccco1.I. The predicted octanol–water partition coefficient (Wildman–Crippen LogP) is 4.05. The molecule has 2 aromatic rings. The minimum atomic E-state index is 0. The van der Waals surface area contributed by atoms with Gasteiger partial charge in [-0.05, 0) is 42.3 Å². The molecule has 150 valence electrons. The third-order valence-electron chi connectivity index (χ3n) is 4.67. The lowest BCUT2D eigenvalue weighted by Crippen LogP contribution is -2.43. The van der Waals surface area contributed by atoms with E-state index >= 15 is 0 Å². The summed E-state index contributed by atoms with van der Waals surface area (Å²) >= 11 is 1.80. The molecule has 27 heavy (non-hydrogen) atoms. The summed E-state index contributed by atoms with van der Waals surface area (Å²) in [5, 5.41) is 5.64. The smallest absolute Gasteiger partial charge is 0.193 e. The lowest BCUT2D eigenvalue weighted by atomic mass is 10.00. The largest absolute Gasteiger partial charge is 0.469 e. The first kappa shape index (κ1) is 22.2. The summed E-state index contributed by atoms with van der Waals surface area (Å²) in [4.78, 5) is 8.51. The molecule has 1 N–H and O–H groups in total. The molecule has 0 saturated carbocycles. The van der Waals surface area contributed by atoms with Crippen molar-refractivity contribution in [2.75, 3.05) is 39.9 Å². The van der Waals surface area contributed by atoms with E-state index in [0.29, 0.717) is 5.92 Å². The Labute approximate surface area is 183 Å². The summed E-state index contributed by atoms with van der Waals surface area (Å²) in [6.07, 6.45) is 5.86. The molecule has 0 amide bonds. The van der Waals surface area contributed by atoms with Gasteiger partial charge in [-0.15, -0.1) is 35.3 Å². The van der Waals surface area contributed by atoms with Crippen molar-refractivity contribution in [2.45, 2.75) is 25.7 Å². The van der Waals surface area contributed by atoms with E-state index in [0.717, 1.165) is 70.3 Å². The van der Waals surface area contributed by atoms with Crippen LogP contribution in [0.25, 0.3) is 0 Å². The van der Waals surface area contributed by atoms with Crippen LogP contribution in [0, 0.1) is 5.92 Å². The molecule has 1 fully saturated rings. The second-order valence-corrected chi connectivity index (χ2v) is 7.76. The number of nitrogens with zero attached hydrogens (tertiary/aromatic N) is 2. The lowest BCUT2D eigenvalue weighted by Gasteiger charge is -2.29. The van der Waals surface area contributed by atoms with E-state index < -0.39 is 0 Å². The molecule has 5 nitrogen and oxygen atoms in total. The summed E-state index contributed by atoms with van der Waals surface area (Å²) in [5.74, 6) is 2.67. The van der Waals surface area contributed by atoms with E-state index in [4.69, 9.17) is 14.1 Å². The molecular formula is C20H30IN3O2S. The molecule has 0 aromatic carbocycles. The van der Waals surface area contributed by atoms with E-state index in [1.165, 1.54) is 4.88 Å². The van der Waals surface area contributed by atoms with Crippen molar-refractivity contribution in [3.8, 4) is 0 Å². The van der Waals surface area contributed by atoms with Crippen molar-refractivity contribution in [1.29, 1.82) is 0 Å². The van der Waals surface area contributed by atoms with Crippen molar-refractivity contribution in [1.82, 2.24) is 10.2 Å². The second-order valence-electron chi connectivity index (χ2n) is 6.73. The molecule has 7 heteroatoms. The van der Waals surface area contributed by atoms with Crippen LogP contribution in [0.1, 0.15) is 23.5 Å². The zero-order valence-corrected chi connectivity index (χ0v) is 19.1. The van der Waals surface area contributed by atoms with Gasteiger partial charge in [0.15, 0.2) is 5.96 Å². The first-order valence-electron chi connectivity index (χ1n) is 9.43. The normalized spacial score (nSPS) is 15.4. The van der Waals surface area contributed by atoms with Gasteiger partial charge in [-0.2, -0.15) is 0 Å². The third kappa shape index (κ3) is 7.83. The number of aliphatic imine (C=N–C) groups is 1. The predicted molar refractivity (Wildman–Crippen MR) is 122 cm³/mol. The molecule has 1 aliphatic rings. The number of ether oxygens (including phenoxy) is 1. The highest BCUT2D eigenvalue weighted by Gasteiger charge is 2.17. The molecule has 3 rings (SSSR count). The summed E-state index contributed by atoms with van der Waals surface area (Å²) in [5.41, 5.74) is 0. The lowest BCUT2D eigenvalue weighted by molar-refractivity contribution is 0.0610. The van der Waals surface area contributed by atoms with Crippen LogP contribution in [0.5, 0.6) is 0 Å². The quantitative estimate of drug-likeness (QED) is 0.336. The standard InChI is InChI=1S/C20H29N3O2S.HI/c1-23(16-17-8-13-24-14-9-17)20(21-10-6-18-4-2-12-25-18)22-11-7-19-5-3-15-26-19;/h2-5,12,15,17H,6-11,13-14,16H2,1H3,(H,21,22);1H. The molecule has 0 radical (unpaired) electrons. The van der Waals surface area contributed by atoms with Crippen LogP contribution in [0.15, 0.2) is 45.3 Å².